The molecule has 0 spiro atoms. The third-order valence-corrected chi connectivity index (χ3v) is 3.67. The number of hydrogen-bond donors (Lipinski definition) is 0. The molecule has 0 bridgehead atoms. The number of aldehydes is 1. The minimum Gasteiger partial charge on any atom is -0.488 e. The zero-order valence-corrected chi connectivity index (χ0v) is 13.0. The molecule has 0 aliphatic heterocycles. The topological polar surface area (TPSA) is 26.3 Å². The molecule has 0 amide bonds. The van der Waals surface area contributed by atoms with Crippen molar-refractivity contribution in [1.29, 1.82) is 0 Å². The van der Waals surface area contributed by atoms with Crippen molar-refractivity contribution in [2.45, 2.75) is 13.5 Å². The SMILES string of the molecule is Cc1cc(C=O)cc(-c2ccccc2OCc2ccccc2)c1. The van der Waals surface area contributed by atoms with Crippen LogP contribution in [0.4, 0.5) is 0 Å². The van der Waals surface area contributed by atoms with Crippen LogP contribution < -0.4 is 4.74 Å². The first-order valence-electron chi connectivity index (χ1n) is 7.59. The van der Waals surface area contributed by atoms with Crippen LogP contribution in [0.25, 0.3) is 11.1 Å². The van der Waals surface area contributed by atoms with Gasteiger partial charge in [0.05, 0.1) is 0 Å². The number of hydrogen-bond acceptors (Lipinski definition) is 2. The predicted octanol–water partition coefficient (Wildman–Crippen LogP) is 5.05. The zero-order chi connectivity index (χ0) is 16.1. The van der Waals surface area contributed by atoms with Crippen molar-refractivity contribution < 1.29 is 9.53 Å². The number of ether oxygens (including phenoxy) is 1. The van der Waals surface area contributed by atoms with E-state index in [1.54, 1.807) is 0 Å². The summed E-state index contributed by atoms with van der Waals surface area (Å²) in [6, 6.07) is 23.8. The number of para-hydroxylation sites is 1. The first-order valence-corrected chi connectivity index (χ1v) is 7.59. The molecule has 0 radical (unpaired) electrons. The summed E-state index contributed by atoms with van der Waals surface area (Å²) in [7, 11) is 0. The van der Waals surface area contributed by atoms with Crippen LogP contribution in [0.5, 0.6) is 5.75 Å². The maximum atomic E-state index is 11.1. The van der Waals surface area contributed by atoms with Gasteiger partial charge in [-0.1, -0.05) is 54.6 Å². The van der Waals surface area contributed by atoms with Gasteiger partial charge >= 0.3 is 0 Å². The first-order chi connectivity index (χ1) is 11.3. The van der Waals surface area contributed by atoms with Crippen LogP contribution in [0.15, 0.2) is 72.8 Å². The molecule has 3 aromatic rings. The Bertz CT molecular complexity index is 807. The molecule has 114 valence electrons. The van der Waals surface area contributed by atoms with Crippen molar-refractivity contribution in [2.75, 3.05) is 0 Å². The van der Waals surface area contributed by atoms with Crippen molar-refractivity contribution in [3.63, 3.8) is 0 Å². The monoisotopic (exact) mass is 302 g/mol. The van der Waals surface area contributed by atoms with E-state index in [2.05, 4.69) is 6.07 Å². The Kier molecular flexibility index (Phi) is 4.53. The van der Waals surface area contributed by atoms with Crippen LogP contribution in [0.2, 0.25) is 0 Å². The fraction of sp³-hybridized carbons (Fsp3) is 0.0952. The summed E-state index contributed by atoms with van der Waals surface area (Å²) >= 11 is 0. The largest absolute Gasteiger partial charge is 0.488 e. The molecule has 3 rings (SSSR count). The molecular formula is C21H18O2. The maximum absolute atomic E-state index is 11.1. The molecule has 0 N–H and O–H groups in total. The molecule has 2 heteroatoms. The maximum Gasteiger partial charge on any atom is 0.150 e. The first kappa shape index (κ1) is 15.0. The zero-order valence-electron chi connectivity index (χ0n) is 13.0. The average molecular weight is 302 g/mol. The lowest BCUT2D eigenvalue weighted by atomic mass is 10.00. The third-order valence-electron chi connectivity index (χ3n) is 3.67. The lowest BCUT2D eigenvalue weighted by molar-refractivity contribution is 0.112. The van der Waals surface area contributed by atoms with Gasteiger partial charge in [-0.15, -0.1) is 0 Å². The van der Waals surface area contributed by atoms with Crippen LogP contribution >= 0.6 is 0 Å². The van der Waals surface area contributed by atoms with Crippen molar-refractivity contribution in [1.82, 2.24) is 0 Å². The fourth-order valence-corrected chi connectivity index (χ4v) is 2.60. The van der Waals surface area contributed by atoms with E-state index in [4.69, 9.17) is 4.74 Å². The molecule has 0 fully saturated rings. The van der Waals surface area contributed by atoms with E-state index in [9.17, 15) is 4.79 Å². The van der Waals surface area contributed by atoms with E-state index < -0.39 is 0 Å². The highest BCUT2D eigenvalue weighted by Crippen LogP contribution is 2.31. The third kappa shape index (κ3) is 3.67. The molecule has 3 aromatic carbocycles. The summed E-state index contributed by atoms with van der Waals surface area (Å²) in [4.78, 5) is 11.1. The van der Waals surface area contributed by atoms with E-state index >= 15 is 0 Å². The molecule has 23 heavy (non-hydrogen) atoms. The summed E-state index contributed by atoms with van der Waals surface area (Å²) in [5, 5.41) is 0. The lowest BCUT2D eigenvalue weighted by Gasteiger charge is -2.12. The molecule has 0 heterocycles. The number of aryl methyl sites for hydroxylation is 1. The Hall–Kier alpha value is -2.87. The minimum atomic E-state index is 0.518. The quantitative estimate of drug-likeness (QED) is 0.616. The summed E-state index contributed by atoms with van der Waals surface area (Å²) in [6.45, 7) is 2.51. The number of carbonyl (C=O) groups excluding carboxylic acids is 1. The predicted molar refractivity (Wildman–Crippen MR) is 92.8 cm³/mol. The van der Waals surface area contributed by atoms with Gasteiger partial charge in [-0.3, -0.25) is 4.79 Å². The molecule has 0 aliphatic carbocycles. The Morgan fingerprint density at radius 3 is 2.43 bits per heavy atom. The molecule has 0 saturated heterocycles. The van der Waals surface area contributed by atoms with Gasteiger partial charge in [-0.25, -0.2) is 0 Å². The highest BCUT2D eigenvalue weighted by Gasteiger charge is 2.08. The second-order valence-electron chi connectivity index (χ2n) is 5.52. The second kappa shape index (κ2) is 6.93. The van der Waals surface area contributed by atoms with Gasteiger partial charge in [0.2, 0.25) is 0 Å². The molecule has 0 aromatic heterocycles. The van der Waals surface area contributed by atoms with Gasteiger partial charge in [0.1, 0.15) is 18.6 Å². The number of carbonyl (C=O) groups is 1. The van der Waals surface area contributed by atoms with Crippen molar-refractivity contribution in [3.8, 4) is 16.9 Å². The summed E-state index contributed by atoms with van der Waals surface area (Å²) < 4.78 is 6.00. The van der Waals surface area contributed by atoms with Crippen LogP contribution in [0.1, 0.15) is 21.5 Å². The van der Waals surface area contributed by atoms with Gasteiger partial charge in [-0.05, 0) is 41.8 Å². The highest BCUT2D eigenvalue weighted by molar-refractivity contribution is 5.81. The number of benzene rings is 3. The standard InChI is InChI=1S/C21H18O2/c1-16-11-18(14-22)13-19(12-16)20-9-5-6-10-21(20)23-15-17-7-3-2-4-8-17/h2-14H,15H2,1H3. The normalized spacial score (nSPS) is 10.3. The van der Waals surface area contributed by atoms with Crippen molar-refractivity contribution >= 4 is 6.29 Å². The van der Waals surface area contributed by atoms with Crippen molar-refractivity contribution in [2.24, 2.45) is 0 Å². The van der Waals surface area contributed by atoms with E-state index in [-0.39, 0.29) is 0 Å². The van der Waals surface area contributed by atoms with Gasteiger partial charge < -0.3 is 4.74 Å². The van der Waals surface area contributed by atoms with E-state index in [1.807, 2.05) is 73.7 Å². The van der Waals surface area contributed by atoms with E-state index in [1.165, 1.54) is 0 Å². The summed E-state index contributed by atoms with van der Waals surface area (Å²) in [5.74, 6) is 0.818. The molecule has 0 saturated carbocycles. The smallest absolute Gasteiger partial charge is 0.150 e. The Balaban J connectivity index is 1.91. The molecule has 0 aliphatic rings. The minimum absolute atomic E-state index is 0.518. The van der Waals surface area contributed by atoms with Crippen LogP contribution in [-0.2, 0) is 6.61 Å². The lowest BCUT2D eigenvalue weighted by Crippen LogP contribution is -1.97. The highest BCUT2D eigenvalue weighted by atomic mass is 16.5. The molecular weight excluding hydrogens is 284 g/mol. The van der Waals surface area contributed by atoms with E-state index in [0.717, 1.165) is 34.3 Å². The summed E-state index contributed by atoms with van der Waals surface area (Å²) in [6.07, 6.45) is 0.879. The number of rotatable bonds is 5. The van der Waals surface area contributed by atoms with Gasteiger partial charge in [0.25, 0.3) is 0 Å². The molecule has 2 nitrogen and oxygen atoms in total. The Morgan fingerprint density at radius 1 is 0.913 bits per heavy atom. The molecule has 0 unspecified atom stereocenters. The Morgan fingerprint density at radius 2 is 1.65 bits per heavy atom. The van der Waals surface area contributed by atoms with Gasteiger partial charge in [-0.2, -0.15) is 0 Å². The second-order valence-corrected chi connectivity index (χ2v) is 5.52. The molecule has 0 atom stereocenters. The van der Waals surface area contributed by atoms with Crippen molar-refractivity contribution in [3.05, 3.63) is 89.5 Å². The Labute approximate surface area is 136 Å². The average Bonchev–Trinajstić information content (AvgIpc) is 2.60. The van der Waals surface area contributed by atoms with Crippen LogP contribution in [0, 0.1) is 6.92 Å². The van der Waals surface area contributed by atoms with E-state index in [0.29, 0.717) is 12.2 Å². The van der Waals surface area contributed by atoms with Gasteiger partial charge in [0, 0.05) is 11.1 Å². The summed E-state index contributed by atoms with van der Waals surface area (Å²) in [5.41, 5.74) is 4.85. The van der Waals surface area contributed by atoms with Crippen LogP contribution in [0.3, 0.4) is 0 Å². The van der Waals surface area contributed by atoms with Crippen LogP contribution in [-0.4, -0.2) is 6.29 Å². The fourth-order valence-electron chi connectivity index (χ4n) is 2.60. The van der Waals surface area contributed by atoms with Gasteiger partial charge in [0.15, 0.2) is 0 Å².